The Morgan fingerprint density at radius 2 is 1.84 bits per heavy atom. The summed E-state index contributed by atoms with van der Waals surface area (Å²) >= 11 is 0. The Bertz CT molecular complexity index is 1510. The van der Waals surface area contributed by atoms with Crippen LogP contribution in [0.1, 0.15) is 21.9 Å². The first-order valence-electron chi connectivity index (χ1n) is 9.10. The van der Waals surface area contributed by atoms with Crippen molar-refractivity contribution in [1.29, 1.82) is 0 Å². The predicted octanol–water partition coefficient (Wildman–Crippen LogP) is -0.00508. The second-order valence-corrected chi connectivity index (χ2v) is 8.19. The van der Waals surface area contributed by atoms with Gasteiger partial charge < -0.3 is 0 Å². The van der Waals surface area contributed by atoms with Gasteiger partial charge in [0.1, 0.15) is 0 Å². The van der Waals surface area contributed by atoms with E-state index in [9.17, 15) is 18.0 Å². The number of aromatic nitrogens is 5. The second kappa shape index (κ2) is 8.13. The van der Waals surface area contributed by atoms with E-state index in [2.05, 4.69) is 25.6 Å². The van der Waals surface area contributed by atoms with Crippen molar-refractivity contribution in [2.24, 2.45) is 10.2 Å². The lowest BCUT2D eigenvalue weighted by atomic mass is 10.3. The maximum atomic E-state index is 12.7. The summed E-state index contributed by atoms with van der Waals surface area (Å²) in [7, 11) is -3.88. The number of hydrazone groups is 1. The minimum absolute atomic E-state index is 0.0709. The van der Waals surface area contributed by atoms with Crippen molar-refractivity contribution >= 4 is 27.9 Å². The lowest BCUT2D eigenvalue weighted by Gasteiger charge is -2.04. The minimum Gasteiger partial charge on any atom is -0.269 e. The molecular weight excluding hydrogens is 436 g/mol. The lowest BCUT2D eigenvalue weighted by Crippen LogP contribution is -2.25. The van der Waals surface area contributed by atoms with Gasteiger partial charge in [-0.25, -0.2) is 28.4 Å². The molecule has 12 nitrogen and oxygen atoms in total. The van der Waals surface area contributed by atoms with E-state index in [4.69, 9.17) is 5.14 Å². The number of aryl methyl sites for hydroxylation is 1. The Hall–Kier alpha value is -4.23. The number of pyridine rings is 1. The van der Waals surface area contributed by atoms with Gasteiger partial charge in [0, 0.05) is 24.2 Å². The summed E-state index contributed by atoms with van der Waals surface area (Å²) in [6, 6.07) is 10.1. The van der Waals surface area contributed by atoms with E-state index in [0.29, 0.717) is 16.9 Å². The molecule has 0 bridgehead atoms. The Morgan fingerprint density at radius 3 is 2.50 bits per heavy atom. The fourth-order valence-electron chi connectivity index (χ4n) is 2.87. The summed E-state index contributed by atoms with van der Waals surface area (Å²) in [4.78, 5) is 33.4. The van der Waals surface area contributed by atoms with Crippen molar-refractivity contribution < 1.29 is 13.2 Å². The molecule has 0 aliphatic rings. The Morgan fingerprint density at radius 1 is 1.16 bits per heavy atom. The third-order valence-electron chi connectivity index (χ3n) is 4.32. The SMILES string of the molecule is Cc1cc(=O)n2c(C(=O)NN=Cc3ccncc3)nn(-c3ccc(S(N)(=O)=O)cc3)c2n1. The predicted molar refractivity (Wildman–Crippen MR) is 114 cm³/mol. The molecule has 0 atom stereocenters. The van der Waals surface area contributed by atoms with E-state index in [-0.39, 0.29) is 16.5 Å². The molecule has 4 aromatic rings. The summed E-state index contributed by atoms with van der Waals surface area (Å²) in [5, 5.41) is 13.2. The molecular formula is C19H16N8O4S. The van der Waals surface area contributed by atoms with Crippen LogP contribution in [0, 0.1) is 6.92 Å². The minimum atomic E-state index is -3.88. The second-order valence-electron chi connectivity index (χ2n) is 6.63. The van der Waals surface area contributed by atoms with Crippen LogP contribution in [0.15, 0.2) is 69.6 Å². The van der Waals surface area contributed by atoms with Gasteiger partial charge in [-0.2, -0.15) is 9.78 Å². The third kappa shape index (κ3) is 4.14. The molecule has 0 fully saturated rings. The molecule has 0 aliphatic carbocycles. The third-order valence-corrected chi connectivity index (χ3v) is 5.25. The summed E-state index contributed by atoms with van der Waals surface area (Å²) in [6.45, 7) is 1.63. The molecule has 162 valence electrons. The molecule has 3 N–H and O–H groups in total. The van der Waals surface area contributed by atoms with Crippen LogP contribution in [0.4, 0.5) is 0 Å². The number of primary sulfonamides is 1. The van der Waals surface area contributed by atoms with E-state index >= 15 is 0 Å². The van der Waals surface area contributed by atoms with E-state index in [1.807, 2.05) is 0 Å². The van der Waals surface area contributed by atoms with E-state index in [1.54, 1.807) is 31.5 Å². The molecule has 1 aromatic carbocycles. The van der Waals surface area contributed by atoms with Crippen molar-refractivity contribution in [2.75, 3.05) is 0 Å². The average molecular weight is 452 g/mol. The van der Waals surface area contributed by atoms with Gasteiger partial charge in [-0.05, 0) is 48.9 Å². The van der Waals surface area contributed by atoms with Gasteiger partial charge in [0.25, 0.3) is 5.56 Å². The van der Waals surface area contributed by atoms with Crippen molar-refractivity contribution in [3.8, 4) is 5.69 Å². The summed E-state index contributed by atoms with van der Waals surface area (Å²) in [5.74, 6) is -0.922. The first-order chi connectivity index (χ1) is 15.2. The topological polar surface area (TPSA) is 167 Å². The van der Waals surface area contributed by atoms with Crippen molar-refractivity contribution in [2.45, 2.75) is 11.8 Å². The van der Waals surface area contributed by atoms with Gasteiger partial charge in [0.05, 0.1) is 16.8 Å². The van der Waals surface area contributed by atoms with Crippen molar-refractivity contribution in [1.82, 2.24) is 29.6 Å². The normalized spacial score (nSPS) is 11.8. The van der Waals surface area contributed by atoms with Crippen LogP contribution in [-0.2, 0) is 10.0 Å². The van der Waals surface area contributed by atoms with Crippen LogP contribution in [0.25, 0.3) is 11.5 Å². The van der Waals surface area contributed by atoms with Crippen molar-refractivity contribution in [3.05, 3.63) is 82.3 Å². The monoisotopic (exact) mass is 452 g/mol. The number of carbonyl (C=O) groups is 1. The highest BCUT2D eigenvalue weighted by Gasteiger charge is 2.21. The van der Waals surface area contributed by atoms with Crippen LogP contribution in [0.3, 0.4) is 0 Å². The Kier molecular flexibility index (Phi) is 5.34. The number of carbonyl (C=O) groups excluding carboxylic acids is 1. The zero-order valence-electron chi connectivity index (χ0n) is 16.6. The first-order valence-corrected chi connectivity index (χ1v) is 10.6. The Balaban J connectivity index is 1.76. The maximum Gasteiger partial charge on any atom is 0.309 e. The van der Waals surface area contributed by atoms with E-state index in [1.165, 1.54) is 41.2 Å². The highest BCUT2D eigenvalue weighted by atomic mass is 32.2. The number of hydrogen-bond donors (Lipinski definition) is 2. The molecule has 0 radical (unpaired) electrons. The fourth-order valence-corrected chi connectivity index (χ4v) is 3.38. The zero-order chi connectivity index (χ0) is 22.9. The summed E-state index contributed by atoms with van der Waals surface area (Å²) in [6.07, 6.45) is 4.57. The molecule has 0 unspecified atom stereocenters. The average Bonchev–Trinajstić information content (AvgIpc) is 3.14. The maximum absolute atomic E-state index is 12.7. The first kappa shape index (κ1) is 21.0. The number of fused-ring (bicyclic) bond motifs is 1. The quantitative estimate of drug-likeness (QED) is 0.317. The highest BCUT2D eigenvalue weighted by molar-refractivity contribution is 7.89. The van der Waals surface area contributed by atoms with Crippen LogP contribution in [0.5, 0.6) is 0 Å². The summed E-state index contributed by atoms with van der Waals surface area (Å²) < 4.78 is 25.3. The molecule has 0 spiro atoms. The van der Waals surface area contributed by atoms with Gasteiger partial charge in [-0.3, -0.25) is 14.6 Å². The van der Waals surface area contributed by atoms with Crippen LogP contribution >= 0.6 is 0 Å². The smallest absolute Gasteiger partial charge is 0.269 e. The molecule has 0 aliphatic heterocycles. The highest BCUT2D eigenvalue weighted by Crippen LogP contribution is 2.15. The molecule has 3 heterocycles. The number of nitrogens with zero attached hydrogens (tertiary/aromatic N) is 6. The number of benzene rings is 1. The van der Waals surface area contributed by atoms with Crippen LogP contribution < -0.4 is 16.1 Å². The molecule has 3 aromatic heterocycles. The van der Waals surface area contributed by atoms with Gasteiger partial charge in [0.2, 0.25) is 21.6 Å². The Labute approximate surface area is 181 Å². The molecule has 0 saturated carbocycles. The van der Waals surface area contributed by atoms with E-state index < -0.39 is 21.5 Å². The number of nitrogens with two attached hydrogens (primary N) is 1. The standard InChI is InChI=1S/C19H16N8O4S/c1-12-10-16(28)26-17(18(29)24-22-11-13-6-8-21-9-7-13)25-27(19(26)23-12)14-2-4-15(5-3-14)32(20,30)31/h2-11H,1H3,(H,24,29)(H2,20,30,31). The lowest BCUT2D eigenvalue weighted by molar-refractivity contribution is 0.0943. The zero-order valence-corrected chi connectivity index (χ0v) is 17.4. The van der Waals surface area contributed by atoms with Crippen molar-refractivity contribution in [3.63, 3.8) is 0 Å². The number of nitrogens with one attached hydrogen (secondary N) is 1. The van der Waals surface area contributed by atoms with Crippen LogP contribution in [0.2, 0.25) is 0 Å². The van der Waals surface area contributed by atoms with E-state index in [0.717, 1.165) is 4.40 Å². The molecule has 1 amide bonds. The molecule has 0 saturated heterocycles. The van der Waals surface area contributed by atoms with Gasteiger partial charge in [-0.15, -0.1) is 5.10 Å². The fraction of sp³-hybridized carbons (Fsp3) is 0.0526. The molecule has 4 rings (SSSR count). The van der Waals surface area contributed by atoms with Crippen LogP contribution in [-0.4, -0.2) is 44.7 Å². The number of sulfonamides is 1. The number of hydrogen-bond acceptors (Lipinski definition) is 8. The largest absolute Gasteiger partial charge is 0.309 e. The molecule has 13 heteroatoms. The van der Waals surface area contributed by atoms with Gasteiger partial charge in [0.15, 0.2) is 0 Å². The van der Waals surface area contributed by atoms with Gasteiger partial charge in [-0.1, -0.05) is 0 Å². The molecule has 32 heavy (non-hydrogen) atoms. The summed E-state index contributed by atoms with van der Waals surface area (Å²) in [5.41, 5.74) is 3.31. The van der Waals surface area contributed by atoms with Gasteiger partial charge >= 0.3 is 5.91 Å². The number of rotatable bonds is 5. The number of amides is 1.